The Morgan fingerprint density at radius 1 is 1.60 bits per heavy atom. The Kier molecular flexibility index (Phi) is 0.943. The second-order valence-corrected chi connectivity index (χ2v) is 2.05. The van der Waals surface area contributed by atoms with E-state index < -0.39 is 0 Å². The van der Waals surface area contributed by atoms with Crippen LogP contribution < -0.4 is 5.32 Å². The van der Waals surface area contributed by atoms with E-state index in [1.165, 1.54) is 6.08 Å². The van der Waals surface area contributed by atoms with Crippen molar-refractivity contribution in [2.45, 2.75) is 0 Å². The molecule has 0 aliphatic carbocycles. The van der Waals surface area contributed by atoms with Gasteiger partial charge in [0.2, 0.25) is 5.91 Å². The molecule has 0 atom stereocenters. The van der Waals surface area contributed by atoms with Gasteiger partial charge in [0.1, 0.15) is 12.5 Å². The van der Waals surface area contributed by atoms with Gasteiger partial charge in [0.25, 0.3) is 0 Å². The molecule has 0 radical (unpaired) electrons. The summed E-state index contributed by atoms with van der Waals surface area (Å²) in [5.74, 6) is 0.544. The van der Waals surface area contributed by atoms with Crippen molar-refractivity contribution in [1.82, 2.24) is 5.32 Å². The predicted molar refractivity (Wildman–Crippen MR) is 37.0 cm³/mol. The third-order valence-electron chi connectivity index (χ3n) is 1.34. The standard InChI is InChI=1S/C6H5N3O/c10-5-1-4-2-7-3-8-6(4)9-5/h1-2H,3H2,(H,8,9,10). The second kappa shape index (κ2) is 1.76. The lowest BCUT2D eigenvalue weighted by Gasteiger charge is -2.01. The minimum absolute atomic E-state index is 0.109. The summed E-state index contributed by atoms with van der Waals surface area (Å²) in [6, 6.07) is 0. The van der Waals surface area contributed by atoms with E-state index in [2.05, 4.69) is 15.3 Å². The molecular formula is C6H5N3O. The Morgan fingerprint density at radius 2 is 2.50 bits per heavy atom. The van der Waals surface area contributed by atoms with Gasteiger partial charge in [-0.05, 0) is 0 Å². The van der Waals surface area contributed by atoms with E-state index in [-0.39, 0.29) is 5.91 Å². The molecule has 4 heteroatoms. The van der Waals surface area contributed by atoms with E-state index in [9.17, 15) is 4.79 Å². The molecule has 0 aromatic rings. The molecule has 1 N–H and O–H groups in total. The number of rotatable bonds is 0. The zero-order valence-corrected chi connectivity index (χ0v) is 5.16. The van der Waals surface area contributed by atoms with Gasteiger partial charge in [-0.15, -0.1) is 0 Å². The van der Waals surface area contributed by atoms with Crippen LogP contribution >= 0.6 is 0 Å². The van der Waals surface area contributed by atoms with Crippen molar-refractivity contribution in [2.24, 2.45) is 9.98 Å². The molecule has 50 valence electrons. The van der Waals surface area contributed by atoms with Crippen LogP contribution in [0.25, 0.3) is 0 Å². The van der Waals surface area contributed by atoms with Gasteiger partial charge in [0.15, 0.2) is 0 Å². The Balaban J connectivity index is 2.43. The molecule has 0 saturated heterocycles. The number of hydrogen-bond acceptors (Lipinski definition) is 3. The zero-order valence-electron chi connectivity index (χ0n) is 5.16. The van der Waals surface area contributed by atoms with Crippen molar-refractivity contribution in [3.63, 3.8) is 0 Å². The molecule has 0 spiro atoms. The molecule has 2 heterocycles. The van der Waals surface area contributed by atoms with Gasteiger partial charge in [-0.3, -0.25) is 9.79 Å². The first kappa shape index (κ1) is 5.34. The van der Waals surface area contributed by atoms with Crippen LogP contribution in [0.4, 0.5) is 0 Å². The quantitative estimate of drug-likeness (QED) is 0.477. The fraction of sp³-hybridized carbons (Fsp3) is 0.167. The minimum atomic E-state index is -0.109. The molecule has 0 saturated carbocycles. The Morgan fingerprint density at radius 3 is 3.30 bits per heavy atom. The summed E-state index contributed by atoms with van der Waals surface area (Å²) in [5, 5.41) is 2.58. The van der Waals surface area contributed by atoms with Crippen LogP contribution in [-0.2, 0) is 4.79 Å². The summed E-state index contributed by atoms with van der Waals surface area (Å²) in [6.07, 6.45) is 3.14. The fourth-order valence-electron chi connectivity index (χ4n) is 0.914. The second-order valence-electron chi connectivity index (χ2n) is 2.05. The molecule has 2 aliphatic heterocycles. The molecule has 0 aromatic heterocycles. The largest absolute Gasteiger partial charge is 0.307 e. The summed E-state index contributed by atoms with van der Waals surface area (Å²) in [6.45, 7) is 0.424. The van der Waals surface area contributed by atoms with Crippen LogP contribution in [-0.4, -0.2) is 24.6 Å². The molecule has 0 fully saturated rings. The number of amides is 1. The van der Waals surface area contributed by atoms with Crippen LogP contribution in [0, 0.1) is 0 Å². The van der Waals surface area contributed by atoms with Crippen LogP contribution in [0.1, 0.15) is 0 Å². The van der Waals surface area contributed by atoms with Crippen LogP contribution in [0.2, 0.25) is 0 Å². The van der Waals surface area contributed by atoms with Crippen LogP contribution in [0.15, 0.2) is 21.6 Å². The van der Waals surface area contributed by atoms with Crippen LogP contribution in [0.5, 0.6) is 0 Å². The van der Waals surface area contributed by atoms with E-state index in [0.717, 1.165) is 5.57 Å². The average Bonchev–Trinajstić information content (AvgIpc) is 2.27. The van der Waals surface area contributed by atoms with Crippen molar-refractivity contribution in [3.05, 3.63) is 11.6 Å². The molecule has 10 heavy (non-hydrogen) atoms. The molecule has 0 bridgehead atoms. The van der Waals surface area contributed by atoms with E-state index in [4.69, 9.17) is 0 Å². The molecule has 2 rings (SSSR count). The molecule has 0 unspecified atom stereocenters. The number of hydrogen-bond donors (Lipinski definition) is 1. The molecule has 1 amide bonds. The highest BCUT2D eigenvalue weighted by molar-refractivity contribution is 6.28. The maximum Gasteiger partial charge on any atom is 0.250 e. The first-order valence-corrected chi connectivity index (χ1v) is 2.93. The van der Waals surface area contributed by atoms with Gasteiger partial charge in [-0.1, -0.05) is 0 Å². The zero-order chi connectivity index (χ0) is 6.97. The highest BCUT2D eigenvalue weighted by Gasteiger charge is 2.18. The highest BCUT2D eigenvalue weighted by Crippen LogP contribution is 2.04. The highest BCUT2D eigenvalue weighted by atomic mass is 16.1. The topological polar surface area (TPSA) is 53.8 Å². The third-order valence-corrected chi connectivity index (χ3v) is 1.34. The molecule has 0 aromatic carbocycles. The predicted octanol–water partition coefficient (Wildman–Crippen LogP) is -0.517. The SMILES string of the molecule is O=C1C=C2C=NCN=C2N1. The lowest BCUT2D eigenvalue weighted by Crippen LogP contribution is -2.24. The fourth-order valence-corrected chi connectivity index (χ4v) is 0.914. The first-order valence-electron chi connectivity index (χ1n) is 2.93. The smallest absolute Gasteiger partial charge is 0.250 e. The van der Waals surface area contributed by atoms with Crippen molar-refractivity contribution in [3.8, 4) is 0 Å². The Bertz CT molecular complexity index is 275. The summed E-state index contributed by atoms with van der Waals surface area (Å²) >= 11 is 0. The van der Waals surface area contributed by atoms with Crippen molar-refractivity contribution in [1.29, 1.82) is 0 Å². The maximum atomic E-state index is 10.7. The number of carbonyl (C=O) groups excluding carboxylic acids is 1. The number of aliphatic imine (C=N–C) groups is 2. The summed E-state index contributed by atoms with van der Waals surface area (Å²) in [4.78, 5) is 18.5. The van der Waals surface area contributed by atoms with Crippen molar-refractivity contribution < 1.29 is 4.79 Å². The number of fused-ring (bicyclic) bond motifs is 1. The number of nitrogens with one attached hydrogen (secondary N) is 1. The Labute approximate surface area is 57.4 Å². The lowest BCUT2D eigenvalue weighted by atomic mass is 10.3. The van der Waals surface area contributed by atoms with Gasteiger partial charge in [0.05, 0.1) is 0 Å². The van der Waals surface area contributed by atoms with Crippen molar-refractivity contribution >= 4 is 18.0 Å². The number of amidine groups is 1. The third kappa shape index (κ3) is 0.655. The molecular weight excluding hydrogens is 130 g/mol. The van der Waals surface area contributed by atoms with Gasteiger partial charge < -0.3 is 5.32 Å². The maximum absolute atomic E-state index is 10.7. The van der Waals surface area contributed by atoms with Gasteiger partial charge in [0, 0.05) is 17.9 Å². The average molecular weight is 135 g/mol. The van der Waals surface area contributed by atoms with E-state index >= 15 is 0 Å². The van der Waals surface area contributed by atoms with Crippen LogP contribution in [0.3, 0.4) is 0 Å². The monoisotopic (exact) mass is 135 g/mol. The summed E-state index contributed by atoms with van der Waals surface area (Å²) in [7, 11) is 0. The lowest BCUT2D eigenvalue weighted by molar-refractivity contribution is -0.114. The van der Waals surface area contributed by atoms with Gasteiger partial charge in [-0.2, -0.15) is 0 Å². The van der Waals surface area contributed by atoms with Crippen molar-refractivity contribution in [2.75, 3.05) is 6.67 Å². The van der Waals surface area contributed by atoms with E-state index in [1.807, 2.05) is 0 Å². The number of nitrogens with zero attached hydrogens (tertiary/aromatic N) is 2. The Hall–Kier alpha value is -1.45. The van der Waals surface area contributed by atoms with Gasteiger partial charge in [-0.25, -0.2) is 4.99 Å². The summed E-state index contributed by atoms with van der Waals surface area (Å²) < 4.78 is 0. The normalized spacial score (nSPS) is 21.4. The minimum Gasteiger partial charge on any atom is -0.307 e. The van der Waals surface area contributed by atoms with Gasteiger partial charge >= 0.3 is 0 Å². The van der Waals surface area contributed by atoms with E-state index in [0.29, 0.717) is 12.5 Å². The molecule has 4 nitrogen and oxygen atoms in total. The molecule has 2 aliphatic rings. The van der Waals surface area contributed by atoms with E-state index in [1.54, 1.807) is 6.21 Å². The summed E-state index contributed by atoms with van der Waals surface area (Å²) in [5.41, 5.74) is 0.788. The first-order chi connectivity index (χ1) is 4.86. The number of carbonyl (C=O) groups is 1.